The summed E-state index contributed by atoms with van der Waals surface area (Å²) in [4.78, 5) is 16.7. The van der Waals surface area contributed by atoms with E-state index in [1.54, 1.807) is 0 Å². The Morgan fingerprint density at radius 3 is 2.06 bits per heavy atom. The highest BCUT2D eigenvalue weighted by atomic mass is 16.2. The molecule has 0 aromatic rings. The quantitative estimate of drug-likeness (QED) is 0.701. The minimum atomic E-state index is 0.403. The van der Waals surface area contributed by atoms with Crippen molar-refractivity contribution in [1.29, 1.82) is 0 Å². The molecule has 1 aliphatic carbocycles. The van der Waals surface area contributed by atoms with Gasteiger partial charge in [-0.3, -0.25) is 4.79 Å². The summed E-state index contributed by atoms with van der Waals surface area (Å²) in [6, 6.07) is 0.665. The van der Waals surface area contributed by atoms with E-state index >= 15 is 0 Å². The molecule has 2 heterocycles. The van der Waals surface area contributed by atoms with Gasteiger partial charge in [-0.25, -0.2) is 0 Å². The third kappa shape index (κ3) is 1.75. The van der Waals surface area contributed by atoms with Crippen LogP contribution in [-0.2, 0) is 4.79 Å². The maximum atomic E-state index is 12.0. The van der Waals surface area contributed by atoms with Crippen LogP contribution in [0.5, 0.6) is 0 Å². The van der Waals surface area contributed by atoms with Crippen LogP contribution in [0.15, 0.2) is 0 Å². The molecule has 3 aliphatic rings. The van der Waals surface area contributed by atoms with Gasteiger partial charge >= 0.3 is 0 Å². The van der Waals surface area contributed by atoms with Gasteiger partial charge in [-0.05, 0) is 38.5 Å². The monoisotopic (exact) mass is 222 g/mol. The van der Waals surface area contributed by atoms with E-state index in [1.807, 2.05) is 0 Å². The summed E-state index contributed by atoms with van der Waals surface area (Å²) in [6.45, 7) is 9.02. The predicted octanol–water partition coefficient (Wildman–Crippen LogP) is 1.19. The topological polar surface area (TPSA) is 23.6 Å². The number of likely N-dealkylation sites (tertiary alicyclic amines) is 2. The number of hydrogen-bond donors (Lipinski definition) is 0. The van der Waals surface area contributed by atoms with Crippen LogP contribution in [0.4, 0.5) is 0 Å². The van der Waals surface area contributed by atoms with Crippen LogP contribution < -0.4 is 0 Å². The number of rotatable bonds is 2. The van der Waals surface area contributed by atoms with E-state index in [0.717, 1.165) is 37.8 Å². The summed E-state index contributed by atoms with van der Waals surface area (Å²) in [7, 11) is 0. The lowest BCUT2D eigenvalue weighted by Gasteiger charge is -2.24. The number of carbonyl (C=O) groups is 1. The van der Waals surface area contributed by atoms with Crippen LogP contribution in [0.3, 0.4) is 0 Å². The number of hydrogen-bond acceptors (Lipinski definition) is 2. The second-order valence-corrected chi connectivity index (χ2v) is 6.09. The summed E-state index contributed by atoms with van der Waals surface area (Å²) in [6.07, 6.45) is 2.28. The minimum absolute atomic E-state index is 0.403. The van der Waals surface area contributed by atoms with E-state index in [-0.39, 0.29) is 0 Å². The van der Waals surface area contributed by atoms with Crippen molar-refractivity contribution < 1.29 is 4.79 Å². The van der Waals surface area contributed by atoms with Crippen molar-refractivity contribution in [2.75, 3.05) is 26.2 Å². The predicted molar refractivity (Wildman–Crippen MR) is 63.0 cm³/mol. The van der Waals surface area contributed by atoms with Gasteiger partial charge in [0.15, 0.2) is 0 Å². The van der Waals surface area contributed by atoms with E-state index in [2.05, 4.69) is 23.6 Å². The molecule has 3 nitrogen and oxygen atoms in total. The number of carbonyl (C=O) groups excluding carboxylic acids is 1. The Balaban J connectivity index is 1.58. The van der Waals surface area contributed by atoms with Gasteiger partial charge in [-0.2, -0.15) is 0 Å². The standard InChI is InChI=1S/C13H22N2O/c1-9(2)14-5-11-7-15(8-12(11)6-14)13(16)10-3-4-10/h9-12H,3-8H2,1-2H3. The summed E-state index contributed by atoms with van der Waals surface area (Å²) >= 11 is 0. The Labute approximate surface area is 97.8 Å². The molecule has 16 heavy (non-hydrogen) atoms. The first-order valence-corrected chi connectivity index (χ1v) is 6.68. The first-order valence-electron chi connectivity index (χ1n) is 6.68. The van der Waals surface area contributed by atoms with Crippen molar-refractivity contribution in [2.24, 2.45) is 17.8 Å². The van der Waals surface area contributed by atoms with Crippen LogP contribution >= 0.6 is 0 Å². The summed E-state index contributed by atoms with van der Waals surface area (Å²) in [5, 5.41) is 0. The summed E-state index contributed by atoms with van der Waals surface area (Å²) in [5.41, 5.74) is 0. The van der Waals surface area contributed by atoms with Crippen molar-refractivity contribution in [3.05, 3.63) is 0 Å². The fourth-order valence-corrected chi connectivity index (χ4v) is 3.22. The van der Waals surface area contributed by atoms with Crippen LogP contribution in [0.1, 0.15) is 26.7 Å². The molecule has 0 spiro atoms. The van der Waals surface area contributed by atoms with E-state index in [1.165, 1.54) is 13.1 Å². The maximum Gasteiger partial charge on any atom is 0.225 e. The Hall–Kier alpha value is -0.570. The van der Waals surface area contributed by atoms with E-state index < -0.39 is 0 Å². The average molecular weight is 222 g/mol. The van der Waals surface area contributed by atoms with Crippen LogP contribution in [0, 0.1) is 17.8 Å². The molecule has 1 saturated carbocycles. The van der Waals surface area contributed by atoms with Gasteiger partial charge in [0.05, 0.1) is 0 Å². The highest BCUT2D eigenvalue weighted by molar-refractivity contribution is 5.81. The molecule has 3 rings (SSSR count). The fraction of sp³-hybridized carbons (Fsp3) is 0.923. The van der Waals surface area contributed by atoms with E-state index in [4.69, 9.17) is 0 Å². The lowest BCUT2D eigenvalue weighted by atomic mass is 10.0. The molecule has 0 radical (unpaired) electrons. The molecule has 0 aromatic heterocycles. The smallest absolute Gasteiger partial charge is 0.225 e. The normalized spacial score (nSPS) is 34.8. The first kappa shape index (κ1) is 10.6. The second kappa shape index (κ2) is 3.73. The van der Waals surface area contributed by atoms with Crippen molar-refractivity contribution >= 4 is 5.91 Å². The minimum Gasteiger partial charge on any atom is -0.342 e. The molecule has 1 amide bonds. The zero-order valence-corrected chi connectivity index (χ0v) is 10.4. The van der Waals surface area contributed by atoms with Gasteiger partial charge < -0.3 is 9.80 Å². The summed E-state index contributed by atoms with van der Waals surface area (Å²) < 4.78 is 0. The lowest BCUT2D eigenvalue weighted by molar-refractivity contribution is -0.131. The van der Waals surface area contributed by atoms with Gasteiger partial charge in [0.25, 0.3) is 0 Å². The van der Waals surface area contributed by atoms with Crippen LogP contribution in [-0.4, -0.2) is 47.9 Å². The number of fused-ring (bicyclic) bond motifs is 1. The molecular formula is C13H22N2O. The SMILES string of the molecule is CC(C)N1CC2CN(C(=O)C3CC3)CC2C1. The highest BCUT2D eigenvalue weighted by Crippen LogP contribution is 2.37. The molecule has 2 aliphatic heterocycles. The molecule has 90 valence electrons. The van der Waals surface area contributed by atoms with Crippen LogP contribution in [0.2, 0.25) is 0 Å². The molecule has 2 atom stereocenters. The molecule has 2 saturated heterocycles. The lowest BCUT2D eigenvalue weighted by Crippen LogP contribution is -2.36. The molecule has 3 fully saturated rings. The average Bonchev–Trinajstić information content (AvgIpc) is 2.87. The third-order valence-electron chi connectivity index (χ3n) is 4.48. The first-order chi connectivity index (χ1) is 7.65. The molecule has 0 bridgehead atoms. The largest absolute Gasteiger partial charge is 0.342 e. The zero-order valence-electron chi connectivity index (χ0n) is 10.4. The van der Waals surface area contributed by atoms with Crippen LogP contribution in [0.25, 0.3) is 0 Å². The highest BCUT2D eigenvalue weighted by Gasteiger charge is 2.44. The van der Waals surface area contributed by atoms with Crippen molar-refractivity contribution in [2.45, 2.75) is 32.7 Å². The molecular weight excluding hydrogens is 200 g/mol. The molecule has 0 aromatic carbocycles. The van der Waals surface area contributed by atoms with Gasteiger partial charge in [0, 0.05) is 38.1 Å². The van der Waals surface area contributed by atoms with Crippen molar-refractivity contribution in [3.63, 3.8) is 0 Å². The van der Waals surface area contributed by atoms with Gasteiger partial charge in [-0.1, -0.05) is 0 Å². The number of nitrogens with zero attached hydrogens (tertiary/aromatic N) is 2. The summed E-state index contributed by atoms with van der Waals surface area (Å²) in [5.74, 6) is 2.36. The molecule has 2 unspecified atom stereocenters. The zero-order chi connectivity index (χ0) is 11.3. The molecule has 3 heteroatoms. The Morgan fingerprint density at radius 2 is 1.62 bits per heavy atom. The number of amides is 1. The second-order valence-electron chi connectivity index (χ2n) is 6.09. The Morgan fingerprint density at radius 1 is 1.06 bits per heavy atom. The van der Waals surface area contributed by atoms with E-state index in [0.29, 0.717) is 17.9 Å². The van der Waals surface area contributed by atoms with Crippen molar-refractivity contribution in [3.8, 4) is 0 Å². The fourth-order valence-electron chi connectivity index (χ4n) is 3.22. The molecule has 0 N–H and O–H groups in total. The van der Waals surface area contributed by atoms with Gasteiger partial charge in [-0.15, -0.1) is 0 Å². The Kier molecular flexibility index (Phi) is 2.46. The van der Waals surface area contributed by atoms with Crippen molar-refractivity contribution in [1.82, 2.24) is 9.80 Å². The third-order valence-corrected chi connectivity index (χ3v) is 4.48. The van der Waals surface area contributed by atoms with E-state index in [9.17, 15) is 4.79 Å². The maximum absolute atomic E-state index is 12.0. The van der Waals surface area contributed by atoms with Gasteiger partial charge in [0.2, 0.25) is 5.91 Å². The Bertz CT molecular complexity index is 284. The van der Waals surface area contributed by atoms with Gasteiger partial charge in [0.1, 0.15) is 0 Å².